The average molecular weight is 341 g/mol. The van der Waals surface area contributed by atoms with E-state index in [0.717, 1.165) is 5.75 Å². The van der Waals surface area contributed by atoms with E-state index >= 15 is 0 Å². The van der Waals surface area contributed by atoms with Gasteiger partial charge in [0.05, 0.1) is 16.6 Å². The third kappa shape index (κ3) is 2.35. The summed E-state index contributed by atoms with van der Waals surface area (Å²) in [6.07, 6.45) is 3.09. The molecule has 0 bridgehead atoms. The van der Waals surface area contributed by atoms with Crippen LogP contribution < -0.4 is 5.56 Å². The van der Waals surface area contributed by atoms with E-state index in [1.165, 1.54) is 34.7 Å². The molecule has 4 rings (SSSR count). The third-order valence-corrected chi connectivity index (χ3v) is 4.29. The summed E-state index contributed by atoms with van der Waals surface area (Å²) >= 11 is 1.51. The van der Waals surface area contributed by atoms with Gasteiger partial charge in [0.15, 0.2) is 0 Å². The van der Waals surface area contributed by atoms with Crippen molar-refractivity contribution in [3.63, 3.8) is 0 Å². The topological polar surface area (TPSA) is 65.1 Å². The molecule has 0 atom stereocenters. The summed E-state index contributed by atoms with van der Waals surface area (Å²) in [6, 6.07) is 7.64. The van der Waals surface area contributed by atoms with E-state index in [-0.39, 0.29) is 5.56 Å². The molecule has 0 spiro atoms. The highest BCUT2D eigenvalue weighted by atomic mass is 32.2. The molecule has 0 amide bonds. The van der Waals surface area contributed by atoms with E-state index < -0.39 is 5.82 Å². The monoisotopic (exact) mass is 341 g/mol. The molecule has 0 aliphatic rings. The van der Waals surface area contributed by atoms with Crippen molar-refractivity contribution in [1.29, 1.82) is 0 Å². The van der Waals surface area contributed by atoms with E-state index in [9.17, 15) is 9.18 Å². The van der Waals surface area contributed by atoms with Gasteiger partial charge in [-0.15, -0.1) is 5.10 Å². The summed E-state index contributed by atoms with van der Waals surface area (Å²) in [5.74, 6) is 0.896. The fourth-order valence-electron chi connectivity index (χ4n) is 2.52. The van der Waals surface area contributed by atoms with Crippen LogP contribution in [-0.2, 0) is 0 Å². The molecule has 24 heavy (non-hydrogen) atoms. The first-order chi connectivity index (χ1) is 11.7. The number of halogens is 1. The van der Waals surface area contributed by atoms with Crippen LogP contribution in [0.15, 0.2) is 52.7 Å². The van der Waals surface area contributed by atoms with Gasteiger partial charge in [0, 0.05) is 12.4 Å². The van der Waals surface area contributed by atoms with E-state index in [1.54, 1.807) is 28.9 Å². The number of hydrogen-bond donors (Lipinski definition) is 0. The number of pyridine rings is 1. The van der Waals surface area contributed by atoms with Gasteiger partial charge in [0.1, 0.15) is 5.82 Å². The van der Waals surface area contributed by atoms with Crippen molar-refractivity contribution in [3.05, 3.63) is 58.9 Å². The van der Waals surface area contributed by atoms with Crippen molar-refractivity contribution in [2.45, 2.75) is 12.1 Å². The summed E-state index contributed by atoms with van der Waals surface area (Å²) in [6.45, 7) is 2.01. The molecule has 8 heteroatoms. The van der Waals surface area contributed by atoms with Gasteiger partial charge in [-0.2, -0.15) is 9.50 Å². The van der Waals surface area contributed by atoms with E-state index in [2.05, 4.69) is 15.1 Å². The zero-order valence-electron chi connectivity index (χ0n) is 12.7. The molecule has 3 heterocycles. The molecule has 6 nitrogen and oxygen atoms in total. The SMILES string of the molecule is CCSc1nc2ncc3c(=O)n(-c4cccc(F)c4)ccc3n2n1. The van der Waals surface area contributed by atoms with Crippen LogP contribution in [0.2, 0.25) is 0 Å². The molecular formula is C16H12FN5OS. The van der Waals surface area contributed by atoms with Gasteiger partial charge in [-0.05, 0) is 30.0 Å². The first-order valence-electron chi connectivity index (χ1n) is 7.33. The maximum Gasteiger partial charge on any atom is 0.266 e. The average Bonchev–Trinajstić information content (AvgIpc) is 2.98. The molecule has 0 N–H and O–H groups in total. The van der Waals surface area contributed by atoms with E-state index in [1.807, 2.05) is 6.92 Å². The molecule has 3 aromatic heterocycles. The summed E-state index contributed by atoms with van der Waals surface area (Å²) < 4.78 is 16.4. The number of rotatable bonds is 3. The lowest BCUT2D eigenvalue weighted by Crippen LogP contribution is -2.19. The van der Waals surface area contributed by atoms with Crippen LogP contribution in [0.25, 0.3) is 22.4 Å². The van der Waals surface area contributed by atoms with Crippen LogP contribution in [0.1, 0.15) is 6.92 Å². The van der Waals surface area contributed by atoms with Gasteiger partial charge < -0.3 is 0 Å². The molecule has 4 aromatic rings. The fourth-order valence-corrected chi connectivity index (χ4v) is 3.06. The molecule has 0 saturated carbocycles. The van der Waals surface area contributed by atoms with Crippen molar-refractivity contribution in [2.75, 3.05) is 5.75 Å². The zero-order valence-corrected chi connectivity index (χ0v) is 13.5. The maximum atomic E-state index is 13.4. The predicted octanol–water partition coefficient (Wildman–Crippen LogP) is 2.68. The Hall–Kier alpha value is -2.74. The number of nitrogens with zero attached hydrogens (tertiary/aromatic N) is 5. The van der Waals surface area contributed by atoms with Crippen LogP contribution in [0.3, 0.4) is 0 Å². The van der Waals surface area contributed by atoms with Crippen LogP contribution >= 0.6 is 11.8 Å². The smallest absolute Gasteiger partial charge is 0.266 e. The Kier molecular flexibility index (Phi) is 3.53. The van der Waals surface area contributed by atoms with Gasteiger partial charge in [-0.25, -0.2) is 9.37 Å². The molecule has 0 saturated heterocycles. The van der Waals surface area contributed by atoms with Crippen molar-refractivity contribution in [1.82, 2.24) is 24.1 Å². The first kappa shape index (κ1) is 14.8. The van der Waals surface area contributed by atoms with Gasteiger partial charge in [-0.1, -0.05) is 24.8 Å². The Morgan fingerprint density at radius 2 is 2.17 bits per heavy atom. The molecular weight excluding hydrogens is 329 g/mol. The maximum absolute atomic E-state index is 13.4. The standard InChI is InChI=1S/C16H12FN5OS/c1-2-24-16-19-15-18-9-12-13(22(15)20-16)6-7-21(14(12)23)11-5-3-4-10(17)8-11/h3-9H,2H2,1H3. The lowest BCUT2D eigenvalue weighted by atomic mass is 10.2. The quantitative estimate of drug-likeness (QED) is 0.536. The largest absolute Gasteiger partial charge is 0.284 e. The minimum absolute atomic E-state index is 0.285. The number of thioether (sulfide) groups is 1. The molecule has 0 radical (unpaired) electrons. The molecule has 1 aromatic carbocycles. The number of benzene rings is 1. The van der Waals surface area contributed by atoms with Crippen molar-refractivity contribution in [3.8, 4) is 5.69 Å². The highest BCUT2D eigenvalue weighted by Crippen LogP contribution is 2.17. The second-order valence-corrected chi connectivity index (χ2v) is 6.30. The van der Waals surface area contributed by atoms with Crippen molar-refractivity contribution in [2.24, 2.45) is 0 Å². The molecule has 0 unspecified atom stereocenters. The Morgan fingerprint density at radius 1 is 1.29 bits per heavy atom. The fraction of sp³-hybridized carbons (Fsp3) is 0.125. The Bertz CT molecular complexity index is 1120. The second kappa shape index (κ2) is 5.72. The lowest BCUT2D eigenvalue weighted by molar-refractivity contribution is 0.626. The number of aromatic nitrogens is 5. The van der Waals surface area contributed by atoms with Crippen LogP contribution in [0.5, 0.6) is 0 Å². The molecule has 120 valence electrons. The predicted molar refractivity (Wildman–Crippen MR) is 90.2 cm³/mol. The minimum atomic E-state index is -0.398. The zero-order chi connectivity index (χ0) is 16.7. The van der Waals surface area contributed by atoms with E-state index in [4.69, 9.17) is 0 Å². The lowest BCUT2D eigenvalue weighted by Gasteiger charge is -2.07. The normalized spacial score (nSPS) is 11.4. The van der Waals surface area contributed by atoms with Crippen molar-refractivity contribution < 1.29 is 4.39 Å². The highest BCUT2D eigenvalue weighted by Gasteiger charge is 2.12. The van der Waals surface area contributed by atoms with Gasteiger partial charge in [0.2, 0.25) is 5.16 Å². The third-order valence-electron chi connectivity index (χ3n) is 3.57. The Labute approximate surface area is 140 Å². The summed E-state index contributed by atoms with van der Waals surface area (Å²) in [7, 11) is 0. The molecule has 0 aliphatic carbocycles. The van der Waals surface area contributed by atoms with Gasteiger partial charge >= 0.3 is 0 Å². The van der Waals surface area contributed by atoms with Gasteiger partial charge in [-0.3, -0.25) is 9.36 Å². The summed E-state index contributed by atoms with van der Waals surface area (Å²) in [5.41, 5.74) is 0.795. The first-order valence-corrected chi connectivity index (χ1v) is 8.32. The Balaban J connectivity index is 1.96. The van der Waals surface area contributed by atoms with Crippen LogP contribution in [0, 0.1) is 5.82 Å². The Morgan fingerprint density at radius 3 is 2.96 bits per heavy atom. The minimum Gasteiger partial charge on any atom is -0.284 e. The van der Waals surface area contributed by atoms with Crippen molar-refractivity contribution >= 4 is 28.4 Å². The van der Waals surface area contributed by atoms with Crippen LogP contribution in [-0.4, -0.2) is 29.9 Å². The number of fused-ring (bicyclic) bond motifs is 3. The van der Waals surface area contributed by atoms with Crippen LogP contribution in [0.4, 0.5) is 4.39 Å². The van der Waals surface area contributed by atoms with E-state index in [0.29, 0.717) is 27.5 Å². The number of hydrogen-bond acceptors (Lipinski definition) is 5. The summed E-state index contributed by atoms with van der Waals surface area (Å²) in [4.78, 5) is 21.3. The molecule has 0 aliphatic heterocycles. The second-order valence-electron chi connectivity index (χ2n) is 5.07. The van der Waals surface area contributed by atoms with Gasteiger partial charge in [0.25, 0.3) is 11.3 Å². The summed E-state index contributed by atoms with van der Waals surface area (Å²) in [5, 5.41) is 5.40. The molecule has 0 fully saturated rings. The highest BCUT2D eigenvalue weighted by molar-refractivity contribution is 7.99.